The molecule has 3 nitrogen and oxygen atoms in total. The Morgan fingerprint density at radius 1 is 1.30 bits per heavy atom. The Morgan fingerprint density at radius 3 is 2.78 bits per heavy atom. The number of halogens is 1. The van der Waals surface area contributed by atoms with E-state index in [1.54, 1.807) is 19.4 Å². The van der Waals surface area contributed by atoms with Crippen LogP contribution in [0.1, 0.15) is 42.5 Å². The summed E-state index contributed by atoms with van der Waals surface area (Å²) in [4.78, 5) is 4.85. The van der Waals surface area contributed by atoms with Crippen LogP contribution >= 0.6 is 11.6 Å². The van der Waals surface area contributed by atoms with E-state index in [1.807, 2.05) is 12.1 Å². The molecule has 1 aromatic carbocycles. The average Bonchev–Trinajstić information content (AvgIpc) is 3.34. The van der Waals surface area contributed by atoms with Crippen molar-refractivity contribution in [1.29, 1.82) is 5.26 Å². The van der Waals surface area contributed by atoms with Gasteiger partial charge < -0.3 is 4.74 Å². The Kier molecular flexibility index (Phi) is 3.64. The summed E-state index contributed by atoms with van der Waals surface area (Å²) in [6.07, 6.45) is 8.86. The maximum absolute atomic E-state index is 8.96. The zero-order valence-electron chi connectivity index (χ0n) is 15.3. The molecule has 2 unspecified atom stereocenters. The number of rotatable bonds is 3. The zero-order chi connectivity index (χ0) is 18.6. The van der Waals surface area contributed by atoms with Crippen LogP contribution in [0.2, 0.25) is 5.02 Å². The summed E-state index contributed by atoms with van der Waals surface area (Å²) in [5.41, 5.74) is 5.44. The third-order valence-electron chi connectivity index (χ3n) is 6.84. The van der Waals surface area contributed by atoms with E-state index in [1.165, 1.54) is 35.2 Å². The Morgan fingerprint density at radius 2 is 2.07 bits per heavy atom. The number of hydrogen-bond acceptors (Lipinski definition) is 3. The molecule has 2 saturated carbocycles. The van der Waals surface area contributed by atoms with Crippen LogP contribution in [0.5, 0.6) is 5.75 Å². The lowest BCUT2D eigenvalue weighted by atomic mass is 9.55. The summed E-state index contributed by atoms with van der Waals surface area (Å²) in [7, 11) is 1.70. The smallest absolute Gasteiger partial charge is 0.118 e. The Bertz CT molecular complexity index is 980. The Balaban J connectivity index is 1.51. The molecule has 3 aliphatic carbocycles. The Labute approximate surface area is 164 Å². The number of nitriles is 1. The first-order valence-corrected chi connectivity index (χ1v) is 9.83. The van der Waals surface area contributed by atoms with Crippen molar-refractivity contribution < 1.29 is 4.74 Å². The molecule has 4 heteroatoms. The number of benzene rings is 1. The van der Waals surface area contributed by atoms with Gasteiger partial charge in [-0.1, -0.05) is 29.3 Å². The molecule has 0 N–H and O–H groups in total. The first-order chi connectivity index (χ1) is 13.1. The predicted molar refractivity (Wildman–Crippen MR) is 105 cm³/mol. The lowest BCUT2D eigenvalue weighted by Gasteiger charge is -2.49. The zero-order valence-corrected chi connectivity index (χ0v) is 16.1. The molecule has 27 heavy (non-hydrogen) atoms. The molecule has 2 aromatic rings. The van der Waals surface area contributed by atoms with Gasteiger partial charge in [0.1, 0.15) is 5.75 Å². The molecular formula is C23H21ClN2O. The number of pyridine rings is 1. The second kappa shape index (κ2) is 5.84. The minimum Gasteiger partial charge on any atom is -0.497 e. The number of hydrogen-bond donors (Lipinski definition) is 0. The minimum absolute atomic E-state index is 0.139. The summed E-state index contributed by atoms with van der Waals surface area (Å²) in [6.45, 7) is 0. The van der Waals surface area contributed by atoms with Crippen LogP contribution in [0.25, 0.3) is 0 Å². The van der Waals surface area contributed by atoms with Crippen LogP contribution in [0.3, 0.4) is 0 Å². The molecular weight excluding hydrogens is 356 g/mol. The molecule has 0 radical (unpaired) electrons. The molecule has 1 heterocycles. The fourth-order valence-corrected chi connectivity index (χ4v) is 5.67. The summed E-state index contributed by atoms with van der Waals surface area (Å²) in [5.74, 6) is 1.56. The highest BCUT2D eigenvalue weighted by Crippen LogP contribution is 2.69. The van der Waals surface area contributed by atoms with E-state index in [9.17, 15) is 0 Å². The van der Waals surface area contributed by atoms with E-state index in [4.69, 9.17) is 26.6 Å². The molecule has 136 valence electrons. The molecule has 2 atom stereocenters. The quantitative estimate of drug-likeness (QED) is 0.697. The van der Waals surface area contributed by atoms with Gasteiger partial charge in [0, 0.05) is 23.1 Å². The normalized spacial score (nSPS) is 30.0. The first-order valence-electron chi connectivity index (χ1n) is 9.46. The van der Waals surface area contributed by atoms with Crippen LogP contribution in [0.4, 0.5) is 0 Å². The average molecular weight is 377 g/mol. The van der Waals surface area contributed by atoms with Gasteiger partial charge in [-0.05, 0) is 67.3 Å². The molecule has 0 bridgehead atoms. The second-order valence-electron chi connectivity index (χ2n) is 8.40. The molecule has 0 amide bonds. The van der Waals surface area contributed by atoms with Gasteiger partial charge in [-0.15, -0.1) is 0 Å². The number of fused-ring (bicyclic) bond motifs is 4. The molecule has 0 aliphatic heterocycles. The maximum Gasteiger partial charge on any atom is 0.118 e. The molecule has 1 aromatic heterocycles. The highest BCUT2D eigenvalue weighted by Gasteiger charge is 2.65. The fourth-order valence-electron chi connectivity index (χ4n) is 5.51. The van der Waals surface area contributed by atoms with Crippen LogP contribution in [0.15, 0.2) is 48.2 Å². The maximum atomic E-state index is 8.96. The highest BCUT2D eigenvalue weighted by molar-refractivity contribution is 6.30. The van der Waals surface area contributed by atoms with Crippen molar-refractivity contribution in [3.05, 3.63) is 70.0 Å². The van der Waals surface area contributed by atoms with Crippen LogP contribution < -0.4 is 4.74 Å². The highest BCUT2D eigenvalue weighted by atomic mass is 35.5. The molecule has 5 rings (SSSR count). The molecule has 3 aliphatic rings. The van der Waals surface area contributed by atoms with Gasteiger partial charge in [0.15, 0.2) is 0 Å². The first kappa shape index (κ1) is 16.8. The van der Waals surface area contributed by atoms with Gasteiger partial charge in [0.2, 0.25) is 0 Å². The van der Waals surface area contributed by atoms with Gasteiger partial charge >= 0.3 is 0 Å². The number of nitrogens with zero attached hydrogens (tertiary/aromatic N) is 2. The van der Waals surface area contributed by atoms with E-state index in [2.05, 4.69) is 24.3 Å². The van der Waals surface area contributed by atoms with E-state index >= 15 is 0 Å². The van der Waals surface area contributed by atoms with Crippen LogP contribution in [-0.2, 0) is 17.3 Å². The molecule has 0 saturated heterocycles. The van der Waals surface area contributed by atoms with Gasteiger partial charge in [-0.25, -0.2) is 0 Å². The van der Waals surface area contributed by atoms with Gasteiger partial charge in [-0.3, -0.25) is 4.98 Å². The third-order valence-corrected chi connectivity index (χ3v) is 7.05. The Hall–Kier alpha value is -2.31. The number of aromatic nitrogens is 1. The lowest BCUT2D eigenvalue weighted by molar-refractivity contribution is 0.254. The van der Waals surface area contributed by atoms with E-state index in [-0.39, 0.29) is 10.8 Å². The van der Waals surface area contributed by atoms with Crippen molar-refractivity contribution in [2.75, 3.05) is 7.11 Å². The van der Waals surface area contributed by atoms with Crippen LogP contribution in [-0.4, -0.2) is 12.1 Å². The van der Waals surface area contributed by atoms with Gasteiger partial charge in [0.25, 0.3) is 0 Å². The number of ether oxygens (including phenoxy) is 1. The third kappa shape index (κ3) is 2.51. The summed E-state index contributed by atoms with van der Waals surface area (Å²) in [6, 6.07) is 12.7. The predicted octanol–water partition coefficient (Wildman–Crippen LogP) is 5.13. The van der Waals surface area contributed by atoms with Crippen molar-refractivity contribution in [3.8, 4) is 11.8 Å². The van der Waals surface area contributed by atoms with E-state index in [0.717, 1.165) is 25.0 Å². The van der Waals surface area contributed by atoms with Gasteiger partial charge in [0.05, 0.1) is 23.9 Å². The van der Waals surface area contributed by atoms with Crippen LogP contribution in [0, 0.1) is 17.2 Å². The van der Waals surface area contributed by atoms with Crippen molar-refractivity contribution in [3.63, 3.8) is 0 Å². The standard InChI is InChI=1S/C23H21ClN2O/c1-27-19-4-2-15(3-5-19)11-23-13-17(23)12-22(9-16(10-22)6-7-25)20-8-18(24)14-26-21(20)23/h2-6,8,14,17H,9-13H2,1H3. The van der Waals surface area contributed by atoms with Crippen molar-refractivity contribution in [1.82, 2.24) is 4.98 Å². The van der Waals surface area contributed by atoms with Crippen molar-refractivity contribution >= 4 is 11.6 Å². The summed E-state index contributed by atoms with van der Waals surface area (Å²) < 4.78 is 5.29. The SMILES string of the molecule is COc1ccc(CC23CC2CC2(CC(=CC#N)C2)c2cc(Cl)cnc23)cc1. The van der Waals surface area contributed by atoms with Crippen molar-refractivity contribution in [2.24, 2.45) is 5.92 Å². The molecule has 1 spiro atoms. The van der Waals surface area contributed by atoms with Crippen molar-refractivity contribution in [2.45, 2.75) is 42.9 Å². The lowest BCUT2D eigenvalue weighted by Crippen LogP contribution is -2.43. The van der Waals surface area contributed by atoms with E-state index in [0.29, 0.717) is 10.9 Å². The monoisotopic (exact) mass is 376 g/mol. The minimum atomic E-state index is 0.139. The molecule has 2 fully saturated rings. The summed E-state index contributed by atoms with van der Waals surface area (Å²) >= 11 is 6.34. The summed E-state index contributed by atoms with van der Waals surface area (Å²) in [5, 5.41) is 9.67. The van der Waals surface area contributed by atoms with E-state index < -0.39 is 0 Å². The van der Waals surface area contributed by atoms with Gasteiger partial charge in [-0.2, -0.15) is 5.26 Å². The number of allylic oxidation sites excluding steroid dienone is 2. The topological polar surface area (TPSA) is 45.9 Å². The largest absolute Gasteiger partial charge is 0.497 e. The fraction of sp³-hybridized carbons (Fsp3) is 0.391. The number of methoxy groups -OCH3 is 1. The second-order valence-corrected chi connectivity index (χ2v) is 8.84.